The van der Waals surface area contributed by atoms with Crippen molar-refractivity contribution in [1.82, 2.24) is 0 Å². The minimum Gasteiger partial charge on any atom is -0.491 e. The van der Waals surface area contributed by atoms with Gasteiger partial charge in [-0.15, -0.1) is 0 Å². The number of nitrogens with zero attached hydrogens (tertiary/aromatic N) is 1. The molecule has 170 valence electrons. The first-order valence-corrected chi connectivity index (χ1v) is 12.2. The Kier molecular flexibility index (Phi) is 7.62. The number of sulfonamides is 1. The molecule has 0 spiro atoms. The molecule has 2 aromatic rings. The zero-order chi connectivity index (χ0) is 22.6. The second-order valence-corrected chi connectivity index (χ2v) is 10.5. The molecular formula is C24H33NO5S. The van der Waals surface area contributed by atoms with Crippen LogP contribution in [0.3, 0.4) is 0 Å². The van der Waals surface area contributed by atoms with Crippen molar-refractivity contribution in [2.45, 2.75) is 57.6 Å². The van der Waals surface area contributed by atoms with Gasteiger partial charge >= 0.3 is 0 Å². The lowest BCUT2D eigenvalue weighted by Crippen LogP contribution is -2.34. The third kappa shape index (κ3) is 5.79. The van der Waals surface area contributed by atoms with Crippen LogP contribution in [-0.4, -0.2) is 45.5 Å². The van der Waals surface area contributed by atoms with Crippen LogP contribution in [0.5, 0.6) is 5.75 Å². The van der Waals surface area contributed by atoms with Gasteiger partial charge in [0.1, 0.15) is 12.4 Å². The van der Waals surface area contributed by atoms with Crippen LogP contribution in [0.25, 0.3) is 0 Å². The predicted octanol–water partition coefficient (Wildman–Crippen LogP) is 4.07. The number of rotatable bonds is 9. The lowest BCUT2D eigenvalue weighted by atomic mass is 10.1. The van der Waals surface area contributed by atoms with Gasteiger partial charge in [-0.3, -0.25) is 4.31 Å². The van der Waals surface area contributed by atoms with Gasteiger partial charge in [0.25, 0.3) is 10.0 Å². The maximum atomic E-state index is 13.5. The van der Waals surface area contributed by atoms with Crippen LogP contribution < -0.4 is 9.04 Å². The Balaban J connectivity index is 1.77. The molecule has 2 atom stereocenters. The average Bonchev–Trinajstić information content (AvgIpc) is 3.19. The molecule has 6 nitrogen and oxygen atoms in total. The molecule has 0 saturated carbocycles. The molecule has 0 unspecified atom stereocenters. The average molecular weight is 448 g/mol. The van der Waals surface area contributed by atoms with E-state index in [1.54, 1.807) is 24.3 Å². The number of hydrogen-bond acceptors (Lipinski definition) is 5. The summed E-state index contributed by atoms with van der Waals surface area (Å²) in [4.78, 5) is 0.234. The first kappa shape index (κ1) is 23.6. The highest BCUT2D eigenvalue weighted by Gasteiger charge is 2.27. The lowest BCUT2D eigenvalue weighted by Gasteiger charge is -2.28. The maximum Gasteiger partial charge on any atom is 0.264 e. The van der Waals surface area contributed by atoms with Crippen molar-refractivity contribution < 1.29 is 23.0 Å². The van der Waals surface area contributed by atoms with Gasteiger partial charge in [-0.1, -0.05) is 31.5 Å². The Labute approximate surface area is 185 Å². The summed E-state index contributed by atoms with van der Waals surface area (Å²) in [6, 6.07) is 12.4. The third-order valence-corrected chi connectivity index (χ3v) is 7.19. The molecule has 2 aromatic carbocycles. The van der Waals surface area contributed by atoms with E-state index in [0.29, 0.717) is 24.6 Å². The van der Waals surface area contributed by atoms with E-state index in [1.165, 1.54) is 4.31 Å². The second-order valence-electron chi connectivity index (χ2n) is 8.64. The molecule has 0 radical (unpaired) electrons. The predicted molar refractivity (Wildman–Crippen MR) is 122 cm³/mol. The van der Waals surface area contributed by atoms with Gasteiger partial charge in [0, 0.05) is 6.54 Å². The quantitative estimate of drug-likeness (QED) is 0.627. The fourth-order valence-electron chi connectivity index (χ4n) is 3.80. The molecule has 1 N–H and O–H groups in total. The smallest absolute Gasteiger partial charge is 0.264 e. The van der Waals surface area contributed by atoms with Crippen molar-refractivity contribution in [3.05, 3.63) is 53.6 Å². The molecule has 1 aliphatic rings. The number of benzene rings is 2. The van der Waals surface area contributed by atoms with Gasteiger partial charge in [0.2, 0.25) is 0 Å². The summed E-state index contributed by atoms with van der Waals surface area (Å²) in [6.07, 6.45) is 1.51. The van der Waals surface area contributed by atoms with Gasteiger partial charge in [0.05, 0.1) is 29.4 Å². The summed E-state index contributed by atoms with van der Waals surface area (Å²) in [5.74, 6) is 0.768. The van der Waals surface area contributed by atoms with Crippen molar-refractivity contribution in [2.75, 3.05) is 24.1 Å². The van der Waals surface area contributed by atoms with E-state index in [0.717, 1.165) is 24.0 Å². The Hall–Kier alpha value is -2.09. The molecular weight excluding hydrogens is 414 g/mol. The number of hydrogen-bond donors (Lipinski definition) is 1. The van der Waals surface area contributed by atoms with E-state index < -0.39 is 10.0 Å². The van der Waals surface area contributed by atoms with Crippen molar-refractivity contribution in [3.63, 3.8) is 0 Å². The van der Waals surface area contributed by atoms with Crippen molar-refractivity contribution >= 4 is 15.7 Å². The molecule has 31 heavy (non-hydrogen) atoms. The Morgan fingerprint density at radius 1 is 1.10 bits per heavy atom. The van der Waals surface area contributed by atoms with Crippen LogP contribution in [0.4, 0.5) is 5.69 Å². The number of aliphatic hydroxyl groups excluding tert-OH is 1. The molecule has 1 heterocycles. The van der Waals surface area contributed by atoms with Gasteiger partial charge in [0.15, 0.2) is 0 Å². The van der Waals surface area contributed by atoms with Crippen molar-refractivity contribution in [2.24, 2.45) is 5.92 Å². The molecule has 0 aliphatic carbocycles. The lowest BCUT2D eigenvalue weighted by molar-refractivity contribution is -0.00722. The van der Waals surface area contributed by atoms with Crippen LogP contribution >= 0.6 is 0 Å². The second kappa shape index (κ2) is 10.0. The van der Waals surface area contributed by atoms with Gasteiger partial charge in [-0.05, 0) is 68.5 Å². The fraction of sp³-hybridized carbons (Fsp3) is 0.500. The fourth-order valence-corrected chi connectivity index (χ4v) is 5.50. The standard InChI is InChI=1S/C24H33NO5S/c1-17(2)14-25(24-12-5-18(3)13-19(24)4)31(27,28)23-10-8-20(9-11-23)29-16-22-7-6-21(15-26)30-22/h5,8-13,17,21-22,26H,6-7,14-16H2,1-4H3/t21-,22+/m1/s1. The third-order valence-electron chi connectivity index (χ3n) is 5.40. The van der Waals surface area contributed by atoms with Crippen LogP contribution in [0.1, 0.15) is 37.8 Å². The Morgan fingerprint density at radius 2 is 1.77 bits per heavy atom. The molecule has 1 saturated heterocycles. The van der Waals surface area contributed by atoms with E-state index in [2.05, 4.69) is 0 Å². The maximum absolute atomic E-state index is 13.5. The SMILES string of the molecule is Cc1ccc(N(CC(C)C)S(=O)(=O)c2ccc(OC[C@@H]3CC[C@H](CO)O3)cc2)c(C)c1. The summed E-state index contributed by atoms with van der Waals surface area (Å²) in [7, 11) is -3.72. The first-order valence-electron chi connectivity index (χ1n) is 10.8. The van der Waals surface area contributed by atoms with E-state index in [-0.39, 0.29) is 29.6 Å². The van der Waals surface area contributed by atoms with E-state index >= 15 is 0 Å². The first-order chi connectivity index (χ1) is 14.7. The summed E-state index contributed by atoms with van der Waals surface area (Å²) in [5.41, 5.74) is 2.74. The summed E-state index contributed by atoms with van der Waals surface area (Å²) >= 11 is 0. The zero-order valence-corrected chi connectivity index (χ0v) is 19.6. The normalized spacial score (nSPS) is 19.0. The highest BCUT2D eigenvalue weighted by atomic mass is 32.2. The van der Waals surface area contributed by atoms with Crippen molar-refractivity contribution in [3.8, 4) is 5.75 Å². The van der Waals surface area contributed by atoms with E-state index in [9.17, 15) is 8.42 Å². The zero-order valence-electron chi connectivity index (χ0n) is 18.7. The van der Waals surface area contributed by atoms with E-state index in [1.807, 2.05) is 45.9 Å². The molecule has 3 rings (SSSR count). The number of ether oxygens (including phenoxy) is 2. The largest absolute Gasteiger partial charge is 0.491 e. The minimum atomic E-state index is -3.72. The summed E-state index contributed by atoms with van der Waals surface area (Å²) in [6.45, 7) is 8.76. The molecule has 0 bridgehead atoms. The Bertz CT molecular complexity index is 972. The van der Waals surface area contributed by atoms with Crippen LogP contribution in [0.2, 0.25) is 0 Å². The van der Waals surface area contributed by atoms with Crippen molar-refractivity contribution in [1.29, 1.82) is 0 Å². The van der Waals surface area contributed by atoms with Gasteiger partial charge in [-0.2, -0.15) is 0 Å². The molecule has 1 aliphatic heterocycles. The minimum absolute atomic E-state index is 0.0242. The van der Waals surface area contributed by atoms with Gasteiger partial charge < -0.3 is 14.6 Å². The highest BCUT2D eigenvalue weighted by Crippen LogP contribution is 2.29. The molecule has 1 fully saturated rings. The number of aryl methyl sites for hydroxylation is 2. The van der Waals surface area contributed by atoms with Crippen LogP contribution in [0.15, 0.2) is 47.4 Å². The molecule has 0 amide bonds. The van der Waals surface area contributed by atoms with E-state index in [4.69, 9.17) is 14.6 Å². The van der Waals surface area contributed by atoms with Crippen LogP contribution in [0, 0.1) is 19.8 Å². The monoisotopic (exact) mass is 447 g/mol. The van der Waals surface area contributed by atoms with Crippen LogP contribution in [-0.2, 0) is 14.8 Å². The highest BCUT2D eigenvalue weighted by molar-refractivity contribution is 7.92. The molecule has 0 aromatic heterocycles. The van der Waals surface area contributed by atoms with Gasteiger partial charge in [-0.25, -0.2) is 8.42 Å². The summed E-state index contributed by atoms with van der Waals surface area (Å²) in [5, 5.41) is 9.16. The number of anilines is 1. The molecule has 7 heteroatoms. The number of aliphatic hydroxyl groups is 1. The Morgan fingerprint density at radius 3 is 2.35 bits per heavy atom. The summed E-state index contributed by atoms with van der Waals surface area (Å²) < 4.78 is 39.9. The topological polar surface area (TPSA) is 76.1 Å².